The molecule has 1 aromatic carbocycles. The third-order valence-corrected chi connectivity index (χ3v) is 3.66. The molecular weight excluding hydrogens is 331 g/mol. The molecule has 0 atom stereocenters. The third-order valence-electron chi connectivity index (χ3n) is 3.36. The number of nitrogens with zero attached hydrogens (tertiary/aromatic N) is 3. The first kappa shape index (κ1) is 16.1. The van der Waals surface area contributed by atoms with E-state index in [0.29, 0.717) is 11.5 Å². The van der Waals surface area contributed by atoms with E-state index in [2.05, 4.69) is 15.4 Å². The number of carbonyl (C=O) groups is 1. The number of rotatable bonds is 3. The standard InChI is InChI=1S/C17H14ClFN4O/c1-10-8-11(2)23(22-10)15-7-6-14(18)16(21-15)17(24)20-13-5-3-4-12(19)9-13/h3-9H,1-2H3,(H,20,24). The van der Waals surface area contributed by atoms with Gasteiger partial charge in [0.1, 0.15) is 11.5 Å². The number of halogens is 2. The van der Waals surface area contributed by atoms with Gasteiger partial charge in [-0.3, -0.25) is 4.79 Å². The van der Waals surface area contributed by atoms with Crippen molar-refractivity contribution in [2.45, 2.75) is 13.8 Å². The number of benzene rings is 1. The highest BCUT2D eigenvalue weighted by Gasteiger charge is 2.15. The lowest BCUT2D eigenvalue weighted by Crippen LogP contribution is -2.16. The predicted octanol–water partition coefficient (Wildman–Crippen LogP) is 3.93. The molecule has 3 aromatic rings. The molecule has 0 saturated carbocycles. The van der Waals surface area contributed by atoms with E-state index in [-0.39, 0.29) is 10.7 Å². The zero-order valence-electron chi connectivity index (χ0n) is 13.0. The van der Waals surface area contributed by atoms with Crippen LogP contribution in [0.1, 0.15) is 21.9 Å². The van der Waals surface area contributed by atoms with Crippen molar-refractivity contribution in [1.82, 2.24) is 14.8 Å². The summed E-state index contributed by atoms with van der Waals surface area (Å²) in [4.78, 5) is 16.7. The molecule has 2 heterocycles. The molecule has 2 aromatic heterocycles. The fraction of sp³-hybridized carbons (Fsp3) is 0.118. The molecule has 0 bridgehead atoms. The Morgan fingerprint density at radius 1 is 1.21 bits per heavy atom. The van der Waals surface area contributed by atoms with E-state index in [1.807, 2.05) is 19.9 Å². The molecule has 3 rings (SSSR count). The monoisotopic (exact) mass is 344 g/mol. The molecule has 0 spiro atoms. The van der Waals surface area contributed by atoms with E-state index >= 15 is 0 Å². The summed E-state index contributed by atoms with van der Waals surface area (Å²) in [6.07, 6.45) is 0. The van der Waals surface area contributed by atoms with Crippen molar-refractivity contribution in [3.05, 3.63) is 70.4 Å². The first-order valence-corrected chi connectivity index (χ1v) is 7.59. The molecule has 0 radical (unpaired) electrons. The number of carbonyl (C=O) groups excluding carboxylic acids is 1. The Balaban J connectivity index is 1.94. The molecule has 0 saturated heterocycles. The van der Waals surface area contributed by atoms with E-state index < -0.39 is 11.7 Å². The van der Waals surface area contributed by atoms with E-state index in [9.17, 15) is 9.18 Å². The average molecular weight is 345 g/mol. The number of aromatic nitrogens is 3. The van der Waals surface area contributed by atoms with Crippen LogP contribution in [0.2, 0.25) is 5.02 Å². The molecule has 0 unspecified atom stereocenters. The van der Waals surface area contributed by atoms with Crippen LogP contribution in [-0.4, -0.2) is 20.7 Å². The van der Waals surface area contributed by atoms with Crippen LogP contribution in [-0.2, 0) is 0 Å². The summed E-state index contributed by atoms with van der Waals surface area (Å²) in [6, 6.07) is 10.8. The van der Waals surface area contributed by atoms with Crippen LogP contribution in [0.25, 0.3) is 5.82 Å². The van der Waals surface area contributed by atoms with E-state index in [1.54, 1.807) is 22.9 Å². The minimum absolute atomic E-state index is 0.0472. The molecule has 122 valence electrons. The van der Waals surface area contributed by atoms with Crippen LogP contribution in [0.4, 0.5) is 10.1 Å². The Kier molecular flexibility index (Phi) is 4.31. The minimum Gasteiger partial charge on any atom is -0.321 e. The molecule has 0 fully saturated rings. The van der Waals surface area contributed by atoms with Crippen LogP contribution in [0.15, 0.2) is 42.5 Å². The predicted molar refractivity (Wildman–Crippen MR) is 90.2 cm³/mol. The van der Waals surface area contributed by atoms with Gasteiger partial charge in [0, 0.05) is 11.4 Å². The number of amides is 1. The zero-order chi connectivity index (χ0) is 17.3. The smallest absolute Gasteiger partial charge is 0.275 e. The summed E-state index contributed by atoms with van der Waals surface area (Å²) >= 11 is 6.09. The largest absolute Gasteiger partial charge is 0.321 e. The summed E-state index contributed by atoms with van der Waals surface area (Å²) < 4.78 is 14.9. The number of hydrogen-bond donors (Lipinski definition) is 1. The zero-order valence-corrected chi connectivity index (χ0v) is 13.8. The summed E-state index contributed by atoms with van der Waals surface area (Å²) in [5, 5.41) is 7.12. The van der Waals surface area contributed by atoms with Crippen molar-refractivity contribution >= 4 is 23.2 Å². The van der Waals surface area contributed by atoms with Gasteiger partial charge in [0.05, 0.1) is 10.7 Å². The Morgan fingerprint density at radius 3 is 2.67 bits per heavy atom. The number of aryl methyl sites for hydroxylation is 2. The topological polar surface area (TPSA) is 59.8 Å². The van der Waals surface area contributed by atoms with Crippen molar-refractivity contribution in [1.29, 1.82) is 0 Å². The maximum absolute atomic E-state index is 13.2. The molecule has 1 amide bonds. The quantitative estimate of drug-likeness (QED) is 0.783. The van der Waals surface area contributed by atoms with Gasteiger partial charge in [-0.2, -0.15) is 5.10 Å². The van der Waals surface area contributed by atoms with Gasteiger partial charge in [0.25, 0.3) is 5.91 Å². The van der Waals surface area contributed by atoms with Gasteiger partial charge in [-0.25, -0.2) is 14.1 Å². The van der Waals surface area contributed by atoms with Crippen LogP contribution in [0.5, 0.6) is 0 Å². The van der Waals surface area contributed by atoms with Gasteiger partial charge in [-0.05, 0) is 50.2 Å². The Morgan fingerprint density at radius 2 is 2.00 bits per heavy atom. The Hall–Kier alpha value is -2.73. The second kappa shape index (κ2) is 6.41. The highest BCUT2D eigenvalue weighted by atomic mass is 35.5. The van der Waals surface area contributed by atoms with Crippen molar-refractivity contribution in [3.8, 4) is 5.82 Å². The molecule has 7 heteroatoms. The third kappa shape index (κ3) is 3.28. The van der Waals surface area contributed by atoms with Gasteiger partial charge in [-0.15, -0.1) is 0 Å². The van der Waals surface area contributed by atoms with Gasteiger partial charge >= 0.3 is 0 Å². The number of anilines is 1. The van der Waals surface area contributed by atoms with Gasteiger partial charge in [-0.1, -0.05) is 17.7 Å². The fourth-order valence-electron chi connectivity index (χ4n) is 2.33. The first-order chi connectivity index (χ1) is 11.4. The summed E-state index contributed by atoms with van der Waals surface area (Å²) in [5.41, 5.74) is 2.11. The average Bonchev–Trinajstić information content (AvgIpc) is 2.86. The summed E-state index contributed by atoms with van der Waals surface area (Å²) in [6.45, 7) is 3.76. The second-order valence-electron chi connectivity index (χ2n) is 5.30. The molecule has 1 N–H and O–H groups in total. The molecule has 24 heavy (non-hydrogen) atoms. The Bertz CT molecular complexity index is 923. The number of hydrogen-bond acceptors (Lipinski definition) is 3. The van der Waals surface area contributed by atoms with Crippen molar-refractivity contribution in [3.63, 3.8) is 0 Å². The molecule has 0 aliphatic rings. The lowest BCUT2D eigenvalue weighted by Gasteiger charge is -2.09. The van der Waals surface area contributed by atoms with E-state index in [4.69, 9.17) is 11.6 Å². The fourth-order valence-corrected chi connectivity index (χ4v) is 2.52. The van der Waals surface area contributed by atoms with Crippen LogP contribution < -0.4 is 5.32 Å². The van der Waals surface area contributed by atoms with E-state index in [0.717, 1.165) is 11.4 Å². The first-order valence-electron chi connectivity index (χ1n) is 7.21. The minimum atomic E-state index is -0.519. The highest BCUT2D eigenvalue weighted by Crippen LogP contribution is 2.19. The SMILES string of the molecule is Cc1cc(C)n(-c2ccc(Cl)c(C(=O)Nc3cccc(F)c3)n2)n1. The van der Waals surface area contributed by atoms with Crippen LogP contribution in [0.3, 0.4) is 0 Å². The molecule has 0 aliphatic heterocycles. The van der Waals surface area contributed by atoms with Gasteiger partial charge in [0.2, 0.25) is 0 Å². The molecular formula is C17H14ClFN4O. The maximum atomic E-state index is 13.2. The van der Waals surface area contributed by atoms with Crippen molar-refractivity contribution in [2.24, 2.45) is 0 Å². The van der Waals surface area contributed by atoms with Crippen LogP contribution in [0, 0.1) is 19.7 Å². The van der Waals surface area contributed by atoms with Gasteiger partial charge in [0.15, 0.2) is 5.82 Å². The maximum Gasteiger partial charge on any atom is 0.275 e. The van der Waals surface area contributed by atoms with Crippen molar-refractivity contribution < 1.29 is 9.18 Å². The lowest BCUT2D eigenvalue weighted by atomic mass is 10.2. The summed E-state index contributed by atoms with van der Waals surface area (Å²) in [5.74, 6) is -0.480. The molecule has 5 nitrogen and oxygen atoms in total. The van der Waals surface area contributed by atoms with Crippen LogP contribution >= 0.6 is 11.6 Å². The second-order valence-corrected chi connectivity index (χ2v) is 5.71. The lowest BCUT2D eigenvalue weighted by molar-refractivity contribution is 0.102. The highest BCUT2D eigenvalue weighted by molar-refractivity contribution is 6.34. The van der Waals surface area contributed by atoms with E-state index in [1.165, 1.54) is 18.2 Å². The number of nitrogens with one attached hydrogen (secondary N) is 1. The summed E-state index contributed by atoms with van der Waals surface area (Å²) in [7, 11) is 0. The Labute approximate surface area is 143 Å². The van der Waals surface area contributed by atoms with Crippen molar-refractivity contribution in [2.75, 3.05) is 5.32 Å². The molecule has 0 aliphatic carbocycles. The normalized spacial score (nSPS) is 10.7. The number of pyridine rings is 1. The van der Waals surface area contributed by atoms with Gasteiger partial charge < -0.3 is 5.32 Å².